The van der Waals surface area contributed by atoms with E-state index < -0.39 is 10.0 Å². The Kier molecular flexibility index (Phi) is 5.17. The van der Waals surface area contributed by atoms with Gasteiger partial charge in [-0.25, -0.2) is 18.5 Å². The molecule has 1 aromatic carbocycles. The van der Waals surface area contributed by atoms with Gasteiger partial charge in [0.15, 0.2) is 0 Å². The first-order valence-corrected chi connectivity index (χ1v) is 9.63. The van der Waals surface area contributed by atoms with Crippen molar-refractivity contribution in [3.8, 4) is 0 Å². The van der Waals surface area contributed by atoms with E-state index in [0.717, 1.165) is 51.4 Å². The van der Waals surface area contributed by atoms with Gasteiger partial charge in [0.05, 0.1) is 11.2 Å². The number of rotatable bonds is 6. The predicted octanol–water partition coefficient (Wildman–Crippen LogP) is 0.743. The van der Waals surface area contributed by atoms with Crippen molar-refractivity contribution in [2.75, 3.05) is 37.6 Å². The van der Waals surface area contributed by atoms with E-state index in [-0.39, 0.29) is 4.90 Å². The Morgan fingerprint density at radius 1 is 1.04 bits per heavy atom. The van der Waals surface area contributed by atoms with Gasteiger partial charge < -0.3 is 9.47 Å². The minimum atomic E-state index is -3.62. The molecule has 0 spiro atoms. The highest BCUT2D eigenvalue weighted by molar-refractivity contribution is 7.89. The van der Waals surface area contributed by atoms with Crippen LogP contribution in [-0.2, 0) is 16.6 Å². The number of sulfonamides is 1. The van der Waals surface area contributed by atoms with Crippen molar-refractivity contribution in [1.29, 1.82) is 0 Å². The first-order chi connectivity index (χ1) is 11.5. The number of nitrogens with zero attached hydrogens (tertiary/aromatic N) is 4. The Bertz CT molecular complexity index is 735. The van der Waals surface area contributed by atoms with Gasteiger partial charge in [-0.1, -0.05) is 0 Å². The summed E-state index contributed by atoms with van der Waals surface area (Å²) in [6, 6.07) is 6.80. The number of anilines is 1. The zero-order valence-corrected chi connectivity index (χ0v) is 14.4. The molecular weight excluding hydrogens is 326 g/mol. The minimum absolute atomic E-state index is 0.157. The number of benzene rings is 1. The van der Waals surface area contributed by atoms with Crippen LogP contribution in [0, 0.1) is 0 Å². The monoisotopic (exact) mass is 349 g/mol. The summed E-state index contributed by atoms with van der Waals surface area (Å²) in [6.07, 6.45) is 6.76. The second kappa shape index (κ2) is 7.33. The zero-order valence-electron chi connectivity index (χ0n) is 13.6. The first kappa shape index (κ1) is 16.9. The summed E-state index contributed by atoms with van der Waals surface area (Å²) in [7, 11) is -3.62. The molecule has 1 aromatic heterocycles. The molecule has 0 radical (unpaired) electrons. The lowest BCUT2D eigenvalue weighted by Gasteiger charge is -2.36. The molecule has 1 aliphatic rings. The largest absolute Gasteiger partial charge is 0.369 e. The summed E-state index contributed by atoms with van der Waals surface area (Å²) in [5, 5.41) is 5.13. The average Bonchev–Trinajstić information content (AvgIpc) is 3.08. The van der Waals surface area contributed by atoms with E-state index in [1.807, 2.05) is 24.7 Å². The van der Waals surface area contributed by atoms with Gasteiger partial charge in [0.1, 0.15) is 0 Å². The van der Waals surface area contributed by atoms with E-state index in [2.05, 4.69) is 19.4 Å². The van der Waals surface area contributed by atoms with E-state index in [9.17, 15) is 8.42 Å². The maximum Gasteiger partial charge on any atom is 0.238 e. The van der Waals surface area contributed by atoms with Crippen LogP contribution in [0.4, 0.5) is 5.69 Å². The normalized spacial score (nSPS) is 16.5. The maximum absolute atomic E-state index is 11.3. The van der Waals surface area contributed by atoms with Crippen molar-refractivity contribution in [3.63, 3.8) is 0 Å². The molecular formula is C16H23N5O2S. The molecule has 2 aromatic rings. The molecule has 0 amide bonds. The van der Waals surface area contributed by atoms with Crippen molar-refractivity contribution < 1.29 is 8.42 Å². The number of aryl methyl sites for hydroxylation is 1. The second-order valence-electron chi connectivity index (χ2n) is 6.02. The van der Waals surface area contributed by atoms with Crippen LogP contribution in [0.1, 0.15) is 6.42 Å². The van der Waals surface area contributed by atoms with Gasteiger partial charge in [0, 0.05) is 50.8 Å². The van der Waals surface area contributed by atoms with Gasteiger partial charge in [-0.3, -0.25) is 4.90 Å². The van der Waals surface area contributed by atoms with Crippen LogP contribution in [0.25, 0.3) is 0 Å². The summed E-state index contributed by atoms with van der Waals surface area (Å²) in [4.78, 5) is 8.95. The molecule has 2 heterocycles. The lowest BCUT2D eigenvalue weighted by molar-refractivity contribution is 0.250. The Balaban J connectivity index is 1.46. The van der Waals surface area contributed by atoms with Crippen molar-refractivity contribution in [3.05, 3.63) is 43.0 Å². The SMILES string of the molecule is NS(=O)(=O)c1ccc(N2CCN(CCCn3ccnc3)CC2)cc1. The lowest BCUT2D eigenvalue weighted by atomic mass is 10.2. The van der Waals surface area contributed by atoms with Crippen molar-refractivity contribution in [2.24, 2.45) is 5.14 Å². The van der Waals surface area contributed by atoms with Gasteiger partial charge in [-0.2, -0.15) is 0 Å². The molecule has 24 heavy (non-hydrogen) atoms. The fourth-order valence-corrected chi connectivity index (χ4v) is 3.49. The highest BCUT2D eigenvalue weighted by Gasteiger charge is 2.17. The smallest absolute Gasteiger partial charge is 0.238 e. The van der Waals surface area contributed by atoms with E-state index in [1.165, 1.54) is 0 Å². The summed E-state index contributed by atoms with van der Waals surface area (Å²) in [6.45, 7) is 5.99. The number of primary sulfonamides is 1. The molecule has 0 saturated carbocycles. The van der Waals surface area contributed by atoms with Crippen LogP contribution in [0.5, 0.6) is 0 Å². The predicted molar refractivity (Wildman–Crippen MR) is 93.3 cm³/mol. The van der Waals surface area contributed by atoms with Gasteiger partial charge in [0.25, 0.3) is 0 Å². The second-order valence-corrected chi connectivity index (χ2v) is 7.58. The Morgan fingerprint density at radius 2 is 1.75 bits per heavy atom. The molecule has 0 atom stereocenters. The van der Waals surface area contributed by atoms with E-state index in [1.54, 1.807) is 18.3 Å². The molecule has 1 fully saturated rings. The van der Waals surface area contributed by atoms with Gasteiger partial charge in [-0.05, 0) is 37.2 Å². The molecule has 1 aliphatic heterocycles. The van der Waals surface area contributed by atoms with Crippen molar-refractivity contribution in [1.82, 2.24) is 14.5 Å². The molecule has 0 bridgehead atoms. The van der Waals surface area contributed by atoms with Crippen molar-refractivity contribution >= 4 is 15.7 Å². The number of hydrogen-bond donors (Lipinski definition) is 1. The third kappa shape index (κ3) is 4.34. The summed E-state index contributed by atoms with van der Waals surface area (Å²) in [5.74, 6) is 0. The van der Waals surface area contributed by atoms with Crippen LogP contribution in [-0.4, -0.2) is 55.6 Å². The highest BCUT2D eigenvalue weighted by atomic mass is 32.2. The third-order valence-corrected chi connectivity index (χ3v) is 5.28. The van der Waals surface area contributed by atoms with E-state index in [0.29, 0.717) is 0 Å². The fraction of sp³-hybridized carbons (Fsp3) is 0.438. The minimum Gasteiger partial charge on any atom is -0.369 e. The first-order valence-electron chi connectivity index (χ1n) is 8.08. The van der Waals surface area contributed by atoms with Crippen LogP contribution in [0.3, 0.4) is 0 Å². The molecule has 1 saturated heterocycles. The highest BCUT2D eigenvalue weighted by Crippen LogP contribution is 2.19. The number of aromatic nitrogens is 2. The molecule has 130 valence electrons. The Hall–Kier alpha value is -1.90. The average molecular weight is 349 g/mol. The van der Waals surface area contributed by atoms with Gasteiger partial charge >= 0.3 is 0 Å². The standard InChI is InChI=1S/C16H23N5O2S/c17-24(22,23)16-4-2-15(3-5-16)21-12-10-19(11-13-21)7-1-8-20-9-6-18-14-20/h2-6,9,14H,1,7-8,10-13H2,(H2,17,22,23). The van der Waals surface area contributed by atoms with Crippen LogP contribution < -0.4 is 10.0 Å². The Labute approximate surface area is 142 Å². The molecule has 2 N–H and O–H groups in total. The third-order valence-electron chi connectivity index (χ3n) is 4.35. The molecule has 7 nitrogen and oxygen atoms in total. The number of hydrogen-bond acceptors (Lipinski definition) is 5. The molecule has 0 unspecified atom stereocenters. The molecule has 0 aliphatic carbocycles. The van der Waals surface area contributed by atoms with Gasteiger partial charge in [-0.15, -0.1) is 0 Å². The van der Waals surface area contributed by atoms with Gasteiger partial charge in [0.2, 0.25) is 10.0 Å². The number of piperazine rings is 1. The van der Waals surface area contributed by atoms with E-state index in [4.69, 9.17) is 5.14 Å². The van der Waals surface area contributed by atoms with Crippen LogP contribution >= 0.6 is 0 Å². The summed E-state index contributed by atoms with van der Waals surface area (Å²) < 4.78 is 24.7. The maximum atomic E-state index is 11.3. The topological polar surface area (TPSA) is 84.5 Å². The fourth-order valence-electron chi connectivity index (χ4n) is 2.97. The summed E-state index contributed by atoms with van der Waals surface area (Å²) in [5.41, 5.74) is 1.04. The quantitative estimate of drug-likeness (QED) is 0.832. The number of nitrogens with two attached hydrogens (primary N) is 1. The lowest BCUT2D eigenvalue weighted by Crippen LogP contribution is -2.46. The molecule has 8 heteroatoms. The number of imidazole rings is 1. The van der Waals surface area contributed by atoms with Crippen molar-refractivity contribution in [2.45, 2.75) is 17.9 Å². The zero-order chi connectivity index (χ0) is 17.0. The van der Waals surface area contributed by atoms with E-state index >= 15 is 0 Å². The van der Waals surface area contributed by atoms with Crippen LogP contribution in [0.2, 0.25) is 0 Å². The summed E-state index contributed by atoms with van der Waals surface area (Å²) >= 11 is 0. The molecule has 3 rings (SSSR count). The Morgan fingerprint density at radius 3 is 2.33 bits per heavy atom. The van der Waals surface area contributed by atoms with Crippen LogP contribution in [0.15, 0.2) is 47.9 Å².